The van der Waals surface area contributed by atoms with Crippen molar-refractivity contribution < 1.29 is 36.6 Å². The number of hydrogen-bond acceptors (Lipinski definition) is 4. The molecular weight excluding hydrogens is 265 g/mol. The Morgan fingerprint density at radius 2 is 1.94 bits per heavy atom. The molecule has 0 amide bonds. The van der Waals surface area contributed by atoms with E-state index in [1.807, 2.05) is 0 Å². The fourth-order valence-electron chi connectivity index (χ4n) is 1.88. The van der Waals surface area contributed by atoms with Crippen molar-refractivity contribution in [2.75, 3.05) is 11.5 Å². The van der Waals surface area contributed by atoms with Crippen LogP contribution < -0.4 is 0 Å². The summed E-state index contributed by atoms with van der Waals surface area (Å²) in [6, 6.07) is 0. The van der Waals surface area contributed by atoms with E-state index in [2.05, 4.69) is 0 Å². The van der Waals surface area contributed by atoms with Gasteiger partial charge in [0.2, 0.25) is 0 Å². The third-order valence-corrected chi connectivity index (χ3v) is 4.50. The van der Waals surface area contributed by atoms with Crippen LogP contribution in [-0.2, 0) is 14.6 Å². The van der Waals surface area contributed by atoms with Gasteiger partial charge in [0.25, 0.3) is 0 Å². The molecule has 0 saturated carbocycles. The van der Waals surface area contributed by atoms with Crippen LogP contribution in [0.4, 0.5) is 13.2 Å². The molecule has 0 radical (unpaired) electrons. The van der Waals surface area contributed by atoms with Crippen LogP contribution in [0.3, 0.4) is 0 Å². The predicted octanol–water partition coefficient (Wildman–Crippen LogP) is 0.189. The van der Waals surface area contributed by atoms with E-state index in [9.17, 15) is 31.5 Å². The Bertz CT molecular complexity index is 415. The number of hydrogen-bond donors (Lipinski definition) is 2. The summed E-state index contributed by atoms with van der Waals surface area (Å²) in [7, 11) is -3.67. The van der Waals surface area contributed by atoms with E-state index in [0.717, 1.165) is 0 Å². The van der Waals surface area contributed by atoms with Gasteiger partial charge in [0.1, 0.15) is 5.41 Å². The number of halogens is 3. The van der Waals surface area contributed by atoms with Crippen LogP contribution in [0.1, 0.15) is 12.8 Å². The van der Waals surface area contributed by atoms with Crippen LogP contribution in [0.25, 0.3) is 0 Å². The largest absolute Gasteiger partial charge is 0.481 e. The first kappa shape index (κ1) is 14.2. The maximum Gasteiger partial charge on any atom is 0.390 e. The lowest BCUT2D eigenvalue weighted by Crippen LogP contribution is -2.53. The highest BCUT2D eigenvalue weighted by atomic mass is 32.2. The molecule has 0 bridgehead atoms. The maximum absolute atomic E-state index is 12.3. The molecule has 0 spiro atoms. The third-order valence-electron chi connectivity index (χ3n) is 2.85. The van der Waals surface area contributed by atoms with Crippen molar-refractivity contribution in [3.63, 3.8) is 0 Å². The normalized spacial score (nSPS) is 33.3. The molecule has 1 aliphatic rings. The first-order valence-corrected chi connectivity index (χ1v) is 6.49. The van der Waals surface area contributed by atoms with Crippen molar-refractivity contribution in [1.82, 2.24) is 0 Å². The summed E-state index contributed by atoms with van der Waals surface area (Å²) in [5.41, 5.74) is -2.45. The Balaban J connectivity index is 3.06. The average molecular weight is 276 g/mol. The quantitative estimate of drug-likeness (QED) is 0.751. The summed E-state index contributed by atoms with van der Waals surface area (Å²) < 4.78 is 59.1. The molecular formula is C8H11F3O5S. The van der Waals surface area contributed by atoms with Gasteiger partial charge in [0.15, 0.2) is 9.84 Å². The molecule has 9 heteroatoms. The second-order valence-electron chi connectivity index (χ2n) is 4.13. The number of sulfone groups is 1. The molecule has 1 saturated heterocycles. The van der Waals surface area contributed by atoms with E-state index < -0.39 is 57.8 Å². The van der Waals surface area contributed by atoms with Crippen LogP contribution in [0.15, 0.2) is 0 Å². The zero-order valence-electron chi connectivity index (χ0n) is 8.57. The Hall–Kier alpha value is -0.830. The number of carbonyl (C=O) groups is 1. The molecule has 1 heterocycles. The zero-order chi connectivity index (χ0) is 13.5. The van der Waals surface area contributed by atoms with E-state index in [1.165, 1.54) is 0 Å². The van der Waals surface area contributed by atoms with Gasteiger partial charge in [-0.15, -0.1) is 0 Å². The molecule has 17 heavy (non-hydrogen) atoms. The summed E-state index contributed by atoms with van der Waals surface area (Å²) in [5, 5.41) is 18.3. The molecule has 100 valence electrons. The molecule has 1 aliphatic heterocycles. The van der Waals surface area contributed by atoms with E-state index in [4.69, 9.17) is 5.11 Å². The van der Waals surface area contributed by atoms with Crippen LogP contribution in [0.2, 0.25) is 0 Å². The van der Waals surface area contributed by atoms with E-state index in [1.54, 1.807) is 0 Å². The summed E-state index contributed by atoms with van der Waals surface area (Å²) in [6.07, 6.45) is -9.28. The molecule has 0 aliphatic carbocycles. The van der Waals surface area contributed by atoms with Crippen LogP contribution >= 0.6 is 0 Å². The molecule has 0 aromatic carbocycles. The summed E-state index contributed by atoms with van der Waals surface area (Å²) in [6.45, 7) is 0. The highest BCUT2D eigenvalue weighted by Crippen LogP contribution is 2.42. The number of aliphatic carboxylic acids is 1. The zero-order valence-corrected chi connectivity index (χ0v) is 9.38. The first-order chi connectivity index (χ1) is 7.49. The minimum atomic E-state index is -4.78. The molecule has 1 rings (SSSR count). The highest BCUT2D eigenvalue weighted by Gasteiger charge is 2.56. The smallest absolute Gasteiger partial charge is 0.390 e. The molecule has 1 fully saturated rings. The van der Waals surface area contributed by atoms with E-state index in [0.29, 0.717) is 0 Å². The van der Waals surface area contributed by atoms with E-state index in [-0.39, 0.29) is 0 Å². The fraction of sp³-hybridized carbons (Fsp3) is 0.875. The second-order valence-corrected chi connectivity index (χ2v) is 6.36. The van der Waals surface area contributed by atoms with Crippen LogP contribution in [0.5, 0.6) is 0 Å². The van der Waals surface area contributed by atoms with Crippen molar-refractivity contribution in [3.8, 4) is 0 Å². The number of aliphatic hydroxyl groups excluding tert-OH is 1. The van der Waals surface area contributed by atoms with Crippen LogP contribution in [-0.4, -0.2) is 48.4 Å². The maximum atomic E-state index is 12.3. The minimum absolute atomic E-state index is 0.660. The van der Waals surface area contributed by atoms with Gasteiger partial charge in [-0.3, -0.25) is 4.79 Å². The van der Waals surface area contributed by atoms with Crippen LogP contribution in [0, 0.1) is 5.41 Å². The SMILES string of the molecule is O=C(O)C1(CC(F)(F)F)CCS(=O)(=O)CC1O. The number of rotatable bonds is 2. The molecule has 0 aromatic heterocycles. The van der Waals surface area contributed by atoms with Crippen molar-refractivity contribution in [1.29, 1.82) is 0 Å². The molecule has 2 atom stereocenters. The fourth-order valence-corrected chi connectivity index (χ4v) is 3.52. The number of carboxylic acids is 1. The van der Waals surface area contributed by atoms with Gasteiger partial charge in [-0.1, -0.05) is 0 Å². The van der Waals surface area contributed by atoms with Gasteiger partial charge in [-0.05, 0) is 6.42 Å². The minimum Gasteiger partial charge on any atom is -0.481 e. The number of aliphatic hydroxyl groups is 1. The Labute approximate surface area is 95.2 Å². The van der Waals surface area contributed by atoms with Gasteiger partial charge in [0, 0.05) is 0 Å². The lowest BCUT2D eigenvalue weighted by atomic mass is 9.76. The molecule has 5 nitrogen and oxygen atoms in total. The predicted molar refractivity (Wildman–Crippen MR) is 50.0 cm³/mol. The Morgan fingerprint density at radius 3 is 2.29 bits per heavy atom. The topological polar surface area (TPSA) is 91.7 Å². The van der Waals surface area contributed by atoms with Gasteiger partial charge >= 0.3 is 12.1 Å². The Kier molecular flexibility index (Phi) is 3.45. The van der Waals surface area contributed by atoms with Crippen molar-refractivity contribution in [2.24, 2.45) is 5.41 Å². The first-order valence-electron chi connectivity index (χ1n) is 4.67. The Morgan fingerprint density at radius 1 is 1.41 bits per heavy atom. The molecule has 2 N–H and O–H groups in total. The molecule has 2 unspecified atom stereocenters. The lowest BCUT2D eigenvalue weighted by molar-refractivity contribution is -0.192. The van der Waals surface area contributed by atoms with Gasteiger partial charge in [-0.25, -0.2) is 8.42 Å². The molecule has 0 aromatic rings. The summed E-state index contributed by atoms with van der Waals surface area (Å²) in [5.74, 6) is -3.43. The number of alkyl halides is 3. The standard InChI is InChI=1S/C8H11F3O5S/c9-8(10,11)4-7(6(13)14)1-2-17(15,16)3-5(7)12/h5,12H,1-4H2,(H,13,14). The summed E-state index contributed by atoms with van der Waals surface area (Å²) >= 11 is 0. The third kappa shape index (κ3) is 3.09. The van der Waals surface area contributed by atoms with Crippen molar-refractivity contribution in [2.45, 2.75) is 25.1 Å². The van der Waals surface area contributed by atoms with Gasteiger partial charge < -0.3 is 10.2 Å². The van der Waals surface area contributed by atoms with Gasteiger partial charge in [0.05, 0.1) is 24.0 Å². The van der Waals surface area contributed by atoms with E-state index >= 15 is 0 Å². The highest BCUT2D eigenvalue weighted by molar-refractivity contribution is 7.91. The second kappa shape index (κ2) is 4.13. The van der Waals surface area contributed by atoms with Crippen molar-refractivity contribution >= 4 is 15.8 Å². The van der Waals surface area contributed by atoms with Crippen molar-refractivity contribution in [3.05, 3.63) is 0 Å². The number of carboxylic acid groups (broad SMARTS) is 1. The average Bonchev–Trinajstić information content (AvgIpc) is 2.07. The van der Waals surface area contributed by atoms with Gasteiger partial charge in [-0.2, -0.15) is 13.2 Å². The lowest BCUT2D eigenvalue weighted by Gasteiger charge is -2.37. The summed E-state index contributed by atoms with van der Waals surface area (Å²) in [4.78, 5) is 10.9. The monoisotopic (exact) mass is 276 g/mol.